The van der Waals surface area contributed by atoms with Gasteiger partial charge < -0.3 is 9.84 Å². The summed E-state index contributed by atoms with van der Waals surface area (Å²) in [5.74, 6) is -0.419. The van der Waals surface area contributed by atoms with E-state index >= 15 is 0 Å². The number of sulfonamides is 1. The lowest BCUT2D eigenvalue weighted by molar-refractivity contribution is -0.137. The van der Waals surface area contributed by atoms with Crippen molar-refractivity contribution in [2.75, 3.05) is 13.7 Å². The predicted octanol–water partition coefficient (Wildman–Crippen LogP) is 1.88. The molecule has 0 atom stereocenters. The van der Waals surface area contributed by atoms with Crippen molar-refractivity contribution in [2.24, 2.45) is 0 Å². The monoisotopic (exact) mass is 315 g/mol. The molecule has 6 nitrogen and oxygen atoms in total. The minimum absolute atomic E-state index is 0.0551. The highest BCUT2D eigenvalue weighted by Crippen LogP contribution is 2.24. The third kappa shape index (κ3) is 4.18. The molecular weight excluding hydrogens is 294 g/mol. The Morgan fingerprint density at radius 2 is 2.00 bits per heavy atom. The lowest BCUT2D eigenvalue weighted by Crippen LogP contribution is -2.38. The Hall–Kier alpha value is -1.60. The van der Waals surface area contributed by atoms with Crippen molar-refractivity contribution < 1.29 is 23.1 Å². The van der Waals surface area contributed by atoms with Crippen molar-refractivity contribution in [2.45, 2.75) is 38.1 Å². The number of benzene rings is 1. The summed E-state index contributed by atoms with van der Waals surface area (Å²) in [6.07, 6.45) is -0.230. The molecule has 1 rings (SSSR count). The number of carboxylic acid groups (broad SMARTS) is 1. The zero-order valence-electron chi connectivity index (χ0n) is 12.7. The molecule has 0 aliphatic heterocycles. The first kappa shape index (κ1) is 17.5. The second-order valence-electron chi connectivity index (χ2n) is 4.98. The molecule has 0 saturated heterocycles. The van der Waals surface area contributed by atoms with E-state index in [1.807, 2.05) is 0 Å². The Kier molecular flexibility index (Phi) is 5.74. The molecule has 0 spiro atoms. The fourth-order valence-electron chi connectivity index (χ4n) is 2.01. The molecule has 21 heavy (non-hydrogen) atoms. The standard InChI is InChI=1S/C14H21NO5S/c1-10(2)15(8-7-14(16)17)21(18,19)12-5-6-13(20-4)11(3)9-12/h5-6,9-10H,7-8H2,1-4H3,(H,16,17). The van der Waals surface area contributed by atoms with E-state index < -0.39 is 16.0 Å². The smallest absolute Gasteiger partial charge is 0.304 e. The summed E-state index contributed by atoms with van der Waals surface area (Å²) in [4.78, 5) is 10.8. The van der Waals surface area contributed by atoms with Crippen molar-refractivity contribution in [3.63, 3.8) is 0 Å². The number of nitrogens with zero attached hydrogens (tertiary/aromatic N) is 1. The molecule has 0 amide bonds. The Balaban J connectivity index is 3.16. The maximum Gasteiger partial charge on any atom is 0.304 e. The number of rotatable bonds is 7. The molecule has 1 N–H and O–H groups in total. The largest absolute Gasteiger partial charge is 0.496 e. The van der Waals surface area contributed by atoms with Crippen molar-refractivity contribution in [3.8, 4) is 5.75 Å². The van der Waals surface area contributed by atoms with Crippen LogP contribution in [-0.4, -0.2) is 43.5 Å². The third-order valence-electron chi connectivity index (χ3n) is 3.09. The van der Waals surface area contributed by atoms with E-state index in [1.165, 1.54) is 23.5 Å². The van der Waals surface area contributed by atoms with Gasteiger partial charge in [0, 0.05) is 12.6 Å². The van der Waals surface area contributed by atoms with Crippen LogP contribution in [0.15, 0.2) is 23.1 Å². The van der Waals surface area contributed by atoms with Crippen molar-refractivity contribution in [3.05, 3.63) is 23.8 Å². The van der Waals surface area contributed by atoms with E-state index in [2.05, 4.69) is 0 Å². The topological polar surface area (TPSA) is 83.9 Å². The molecule has 7 heteroatoms. The molecule has 1 aromatic rings. The number of carboxylic acids is 1. The van der Waals surface area contributed by atoms with Gasteiger partial charge in [0.05, 0.1) is 18.4 Å². The first-order chi connectivity index (χ1) is 9.70. The van der Waals surface area contributed by atoms with E-state index in [0.29, 0.717) is 11.3 Å². The van der Waals surface area contributed by atoms with Gasteiger partial charge in [-0.05, 0) is 44.5 Å². The molecule has 0 unspecified atom stereocenters. The van der Waals surface area contributed by atoms with E-state index in [1.54, 1.807) is 26.8 Å². The van der Waals surface area contributed by atoms with Crippen LogP contribution in [-0.2, 0) is 14.8 Å². The summed E-state index contributed by atoms with van der Waals surface area (Å²) in [7, 11) is -2.21. The predicted molar refractivity (Wildman–Crippen MR) is 79.0 cm³/mol. The molecule has 0 saturated carbocycles. The van der Waals surface area contributed by atoms with Crippen LogP contribution in [0.3, 0.4) is 0 Å². The molecule has 0 aliphatic carbocycles. The first-order valence-electron chi connectivity index (χ1n) is 6.58. The zero-order chi connectivity index (χ0) is 16.2. The van der Waals surface area contributed by atoms with Gasteiger partial charge in [0.1, 0.15) is 5.75 Å². The number of ether oxygens (including phenoxy) is 1. The summed E-state index contributed by atoms with van der Waals surface area (Å²) in [6, 6.07) is 4.27. The summed E-state index contributed by atoms with van der Waals surface area (Å²) in [6.45, 7) is 5.14. The van der Waals surface area contributed by atoms with Crippen LogP contribution in [0.4, 0.5) is 0 Å². The molecule has 0 bridgehead atoms. The summed E-state index contributed by atoms with van der Waals surface area (Å²) in [5.41, 5.74) is 0.709. The van der Waals surface area contributed by atoms with Crippen LogP contribution >= 0.6 is 0 Å². The molecule has 0 aromatic heterocycles. The second-order valence-corrected chi connectivity index (χ2v) is 6.88. The Bertz CT molecular complexity index is 610. The fourth-order valence-corrected chi connectivity index (χ4v) is 3.73. The molecule has 118 valence electrons. The summed E-state index contributed by atoms with van der Waals surface area (Å²) in [5, 5.41) is 8.75. The lowest BCUT2D eigenvalue weighted by Gasteiger charge is -2.25. The minimum Gasteiger partial charge on any atom is -0.496 e. The SMILES string of the molecule is COc1ccc(S(=O)(=O)N(CCC(=O)O)C(C)C)cc1C. The highest BCUT2D eigenvalue weighted by molar-refractivity contribution is 7.89. The van der Waals surface area contributed by atoms with Crippen molar-refractivity contribution >= 4 is 16.0 Å². The van der Waals surface area contributed by atoms with Gasteiger partial charge in [-0.3, -0.25) is 4.79 Å². The fraction of sp³-hybridized carbons (Fsp3) is 0.500. The molecular formula is C14H21NO5S. The number of hydrogen-bond donors (Lipinski definition) is 1. The van der Waals surface area contributed by atoms with E-state index in [-0.39, 0.29) is 23.9 Å². The molecule has 1 aromatic carbocycles. The van der Waals surface area contributed by atoms with Crippen molar-refractivity contribution in [1.82, 2.24) is 4.31 Å². The Labute approximate surface area is 125 Å². The van der Waals surface area contributed by atoms with Crippen LogP contribution in [0.5, 0.6) is 5.75 Å². The van der Waals surface area contributed by atoms with E-state index in [4.69, 9.17) is 9.84 Å². The maximum absolute atomic E-state index is 12.6. The maximum atomic E-state index is 12.6. The average molecular weight is 315 g/mol. The Morgan fingerprint density at radius 1 is 1.38 bits per heavy atom. The minimum atomic E-state index is -3.73. The van der Waals surface area contributed by atoms with Crippen LogP contribution < -0.4 is 4.74 Å². The normalized spacial score (nSPS) is 11.9. The van der Waals surface area contributed by atoms with E-state index in [9.17, 15) is 13.2 Å². The average Bonchev–Trinajstić information content (AvgIpc) is 2.37. The quantitative estimate of drug-likeness (QED) is 0.830. The van der Waals surface area contributed by atoms with Gasteiger partial charge in [0.15, 0.2) is 0 Å². The van der Waals surface area contributed by atoms with Crippen LogP contribution in [0.2, 0.25) is 0 Å². The second kappa shape index (κ2) is 6.91. The number of carbonyl (C=O) groups is 1. The summed E-state index contributed by atoms with van der Waals surface area (Å²) < 4.78 is 31.6. The number of aliphatic carboxylic acids is 1. The van der Waals surface area contributed by atoms with Gasteiger partial charge in [-0.15, -0.1) is 0 Å². The third-order valence-corrected chi connectivity index (χ3v) is 5.17. The molecule has 0 radical (unpaired) electrons. The molecule has 0 heterocycles. The zero-order valence-corrected chi connectivity index (χ0v) is 13.5. The summed E-state index contributed by atoms with van der Waals surface area (Å²) >= 11 is 0. The van der Waals surface area contributed by atoms with Crippen LogP contribution in [0.1, 0.15) is 25.8 Å². The van der Waals surface area contributed by atoms with Crippen LogP contribution in [0.25, 0.3) is 0 Å². The van der Waals surface area contributed by atoms with Gasteiger partial charge in [-0.1, -0.05) is 0 Å². The van der Waals surface area contributed by atoms with Gasteiger partial charge in [-0.2, -0.15) is 4.31 Å². The van der Waals surface area contributed by atoms with Gasteiger partial charge in [-0.25, -0.2) is 8.42 Å². The Morgan fingerprint density at radius 3 is 2.43 bits per heavy atom. The lowest BCUT2D eigenvalue weighted by atomic mass is 10.2. The molecule has 0 aliphatic rings. The number of hydrogen-bond acceptors (Lipinski definition) is 4. The first-order valence-corrected chi connectivity index (χ1v) is 8.02. The highest BCUT2D eigenvalue weighted by Gasteiger charge is 2.27. The molecule has 0 fully saturated rings. The van der Waals surface area contributed by atoms with Crippen molar-refractivity contribution in [1.29, 1.82) is 0 Å². The number of methoxy groups -OCH3 is 1. The van der Waals surface area contributed by atoms with Crippen LogP contribution in [0, 0.1) is 6.92 Å². The van der Waals surface area contributed by atoms with Gasteiger partial charge in [0.2, 0.25) is 10.0 Å². The van der Waals surface area contributed by atoms with Gasteiger partial charge >= 0.3 is 5.97 Å². The number of aryl methyl sites for hydroxylation is 1. The highest BCUT2D eigenvalue weighted by atomic mass is 32.2. The van der Waals surface area contributed by atoms with Gasteiger partial charge in [0.25, 0.3) is 0 Å². The van der Waals surface area contributed by atoms with E-state index in [0.717, 1.165) is 0 Å².